The summed E-state index contributed by atoms with van der Waals surface area (Å²) in [6, 6.07) is 8.91. The zero-order chi connectivity index (χ0) is 25.1. The molecule has 0 spiro atoms. The van der Waals surface area contributed by atoms with Gasteiger partial charge in [-0.05, 0) is 55.4 Å². The smallest absolute Gasteiger partial charge is 0.345 e. The number of benzene rings is 1. The standard InChI is InChI=1S/C26H43O5PSi/c1-9-30-32(28,31-10-2)25(18-20-33(21(3)4,22(5)6)23(7)8)17-14-19-29-26(27)24-15-12-11-13-16-24/h11-13,15-16,21-23,25H,9-10,14,17,19H2,1-8H3/t25-/m1/s1. The Morgan fingerprint density at radius 1 is 0.939 bits per heavy atom. The molecule has 186 valence electrons. The summed E-state index contributed by atoms with van der Waals surface area (Å²) in [5.74, 6) is 3.03. The molecular weight excluding hydrogens is 451 g/mol. The van der Waals surface area contributed by atoms with E-state index in [-0.39, 0.29) is 12.6 Å². The Bertz CT molecular complexity index is 794. The quantitative estimate of drug-likeness (QED) is 0.0935. The van der Waals surface area contributed by atoms with Crippen molar-refractivity contribution < 1.29 is 23.1 Å². The van der Waals surface area contributed by atoms with E-state index in [2.05, 4.69) is 53.0 Å². The summed E-state index contributed by atoms with van der Waals surface area (Å²) in [6.07, 6.45) is 1.01. The van der Waals surface area contributed by atoms with Crippen molar-refractivity contribution in [3.63, 3.8) is 0 Å². The van der Waals surface area contributed by atoms with E-state index in [0.29, 0.717) is 48.2 Å². The Kier molecular flexibility index (Phi) is 12.7. The minimum Gasteiger partial charge on any atom is -0.462 e. The molecule has 0 aliphatic heterocycles. The lowest BCUT2D eigenvalue weighted by Gasteiger charge is -2.38. The van der Waals surface area contributed by atoms with E-state index < -0.39 is 21.3 Å². The maximum absolute atomic E-state index is 13.7. The highest BCUT2D eigenvalue weighted by atomic mass is 31.2. The first kappa shape index (κ1) is 29.6. The maximum atomic E-state index is 13.7. The molecule has 0 radical (unpaired) electrons. The Labute approximate surface area is 202 Å². The third-order valence-corrected chi connectivity index (χ3v) is 14.9. The topological polar surface area (TPSA) is 61.8 Å². The summed E-state index contributed by atoms with van der Waals surface area (Å²) in [4.78, 5) is 12.2. The van der Waals surface area contributed by atoms with Crippen molar-refractivity contribution in [2.75, 3.05) is 19.8 Å². The van der Waals surface area contributed by atoms with Gasteiger partial charge in [0.15, 0.2) is 0 Å². The Balaban J connectivity index is 3.12. The molecule has 33 heavy (non-hydrogen) atoms. The van der Waals surface area contributed by atoms with Gasteiger partial charge in [-0.2, -0.15) is 0 Å². The van der Waals surface area contributed by atoms with Crippen molar-refractivity contribution in [3.05, 3.63) is 35.9 Å². The van der Waals surface area contributed by atoms with Crippen LogP contribution < -0.4 is 0 Å². The second-order valence-corrected chi connectivity index (χ2v) is 17.0. The lowest BCUT2D eigenvalue weighted by Crippen LogP contribution is -2.43. The van der Waals surface area contributed by atoms with Crippen LogP contribution in [0.15, 0.2) is 30.3 Å². The fourth-order valence-corrected chi connectivity index (χ4v) is 11.9. The summed E-state index contributed by atoms with van der Waals surface area (Å²) in [5.41, 5.74) is 5.06. The van der Waals surface area contributed by atoms with Crippen LogP contribution in [0.3, 0.4) is 0 Å². The second-order valence-electron chi connectivity index (χ2n) is 9.20. The minimum absolute atomic E-state index is 0.227. The van der Waals surface area contributed by atoms with Crippen LogP contribution in [0.5, 0.6) is 0 Å². The summed E-state index contributed by atoms with van der Waals surface area (Å²) < 4.78 is 30.4. The van der Waals surface area contributed by atoms with Gasteiger partial charge in [-0.3, -0.25) is 4.57 Å². The van der Waals surface area contributed by atoms with E-state index in [1.165, 1.54) is 0 Å². The Hall–Kier alpha value is -1.38. The van der Waals surface area contributed by atoms with Gasteiger partial charge in [0.2, 0.25) is 0 Å². The predicted octanol–water partition coefficient (Wildman–Crippen LogP) is 7.48. The van der Waals surface area contributed by atoms with Crippen LogP contribution in [0.4, 0.5) is 0 Å². The van der Waals surface area contributed by atoms with Crippen molar-refractivity contribution in [2.45, 2.75) is 90.5 Å². The van der Waals surface area contributed by atoms with Crippen LogP contribution in [-0.4, -0.2) is 39.5 Å². The Morgan fingerprint density at radius 3 is 1.91 bits per heavy atom. The minimum atomic E-state index is -3.42. The number of carbonyl (C=O) groups excluding carboxylic acids is 1. The molecule has 1 aromatic rings. The summed E-state index contributed by atoms with van der Waals surface area (Å²) >= 11 is 0. The van der Waals surface area contributed by atoms with Gasteiger partial charge in [0.05, 0.1) is 25.4 Å². The normalized spacial score (nSPS) is 13.2. The van der Waals surface area contributed by atoms with Crippen molar-refractivity contribution in [1.29, 1.82) is 0 Å². The molecule has 0 saturated carbocycles. The largest absolute Gasteiger partial charge is 0.462 e. The van der Waals surface area contributed by atoms with Gasteiger partial charge >= 0.3 is 13.6 Å². The number of esters is 1. The molecule has 0 heterocycles. The van der Waals surface area contributed by atoms with Gasteiger partial charge in [0.25, 0.3) is 0 Å². The summed E-state index contributed by atoms with van der Waals surface area (Å²) in [5, 5.41) is 0. The first-order valence-electron chi connectivity index (χ1n) is 12.2. The lowest BCUT2D eigenvalue weighted by molar-refractivity contribution is 0.0498. The van der Waals surface area contributed by atoms with E-state index >= 15 is 0 Å². The van der Waals surface area contributed by atoms with E-state index in [0.717, 1.165) is 0 Å². The molecular formula is C26H43O5PSi. The van der Waals surface area contributed by atoms with Crippen LogP contribution in [0.2, 0.25) is 16.6 Å². The van der Waals surface area contributed by atoms with Gasteiger partial charge in [-0.25, -0.2) is 4.79 Å². The zero-order valence-corrected chi connectivity index (χ0v) is 23.6. The average Bonchev–Trinajstić information content (AvgIpc) is 2.75. The number of rotatable bonds is 13. The van der Waals surface area contributed by atoms with Gasteiger partial charge in [-0.1, -0.05) is 65.7 Å². The number of carbonyl (C=O) groups is 1. The van der Waals surface area contributed by atoms with Crippen LogP contribution in [0.25, 0.3) is 0 Å². The highest BCUT2D eigenvalue weighted by molar-refractivity contribution is 7.55. The molecule has 0 amide bonds. The third-order valence-electron chi connectivity index (χ3n) is 6.19. The monoisotopic (exact) mass is 494 g/mol. The molecule has 0 fully saturated rings. The van der Waals surface area contributed by atoms with Crippen LogP contribution in [-0.2, 0) is 18.3 Å². The molecule has 5 nitrogen and oxygen atoms in total. The molecule has 0 aliphatic rings. The number of hydrogen-bond acceptors (Lipinski definition) is 5. The first-order chi connectivity index (χ1) is 15.5. The van der Waals surface area contributed by atoms with E-state index in [1.807, 2.05) is 19.9 Å². The second kappa shape index (κ2) is 14.1. The molecule has 0 saturated heterocycles. The van der Waals surface area contributed by atoms with Gasteiger partial charge < -0.3 is 13.8 Å². The van der Waals surface area contributed by atoms with Gasteiger partial charge in [-0.15, -0.1) is 5.54 Å². The van der Waals surface area contributed by atoms with Crippen molar-refractivity contribution in [2.24, 2.45) is 0 Å². The number of ether oxygens (including phenoxy) is 1. The van der Waals surface area contributed by atoms with Crippen molar-refractivity contribution >= 4 is 21.6 Å². The third kappa shape index (κ3) is 8.11. The average molecular weight is 495 g/mol. The molecule has 7 heteroatoms. The SMILES string of the molecule is CCOP(=O)(OCC)[C@@H](C#C[Si](C(C)C)(C(C)C)C(C)C)CCCOC(=O)c1ccccc1. The van der Waals surface area contributed by atoms with Crippen LogP contribution >= 0.6 is 7.60 Å². The highest BCUT2D eigenvalue weighted by Crippen LogP contribution is 2.54. The summed E-state index contributed by atoms with van der Waals surface area (Å²) in [7, 11) is -5.42. The molecule has 1 atom stereocenters. The fourth-order valence-electron chi connectivity index (χ4n) is 4.63. The van der Waals surface area contributed by atoms with Crippen molar-refractivity contribution in [3.8, 4) is 11.5 Å². The van der Waals surface area contributed by atoms with E-state index in [1.54, 1.807) is 24.3 Å². The molecule has 0 unspecified atom stereocenters. The molecule has 1 aromatic carbocycles. The lowest BCUT2D eigenvalue weighted by atomic mass is 10.2. The van der Waals surface area contributed by atoms with Crippen molar-refractivity contribution in [1.82, 2.24) is 0 Å². The predicted molar refractivity (Wildman–Crippen MR) is 139 cm³/mol. The van der Waals surface area contributed by atoms with Gasteiger partial charge in [0, 0.05) is 0 Å². The molecule has 0 aliphatic carbocycles. The highest BCUT2D eigenvalue weighted by Gasteiger charge is 2.42. The molecule has 0 N–H and O–H groups in total. The first-order valence-corrected chi connectivity index (χ1v) is 16.0. The maximum Gasteiger partial charge on any atom is 0.345 e. The fraction of sp³-hybridized carbons (Fsp3) is 0.654. The zero-order valence-electron chi connectivity index (χ0n) is 21.7. The Morgan fingerprint density at radius 2 is 1.45 bits per heavy atom. The molecule has 0 aromatic heterocycles. The summed E-state index contributed by atoms with van der Waals surface area (Å²) in [6.45, 7) is 18.0. The van der Waals surface area contributed by atoms with Gasteiger partial charge in [0.1, 0.15) is 13.7 Å². The van der Waals surface area contributed by atoms with Crippen LogP contribution in [0, 0.1) is 11.5 Å². The number of hydrogen-bond donors (Lipinski definition) is 0. The van der Waals surface area contributed by atoms with E-state index in [4.69, 9.17) is 13.8 Å². The van der Waals surface area contributed by atoms with Crippen LogP contribution in [0.1, 0.15) is 78.6 Å². The molecule has 1 rings (SSSR count). The molecule has 0 bridgehead atoms. The van der Waals surface area contributed by atoms with E-state index in [9.17, 15) is 9.36 Å².